The highest BCUT2D eigenvalue weighted by Crippen LogP contribution is 2.22. The van der Waals surface area contributed by atoms with Gasteiger partial charge in [0.2, 0.25) is 11.0 Å². The molecular formula is C10H13N5OS. The molecule has 7 heteroatoms. The number of anilines is 1. The molecule has 0 bridgehead atoms. The van der Waals surface area contributed by atoms with Gasteiger partial charge in [0, 0.05) is 18.3 Å². The van der Waals surface area contributed by atoms with Crippen LogP contribution in [0.1, 0.15) is 24.8 Å². The van der Waals surface area contributed by atoms with Crippen LogP contribution in [0.15, 0.2) is 18.5 Å². The highest BCUT2D eigenvalue weighted by atomic mass is 32.1. The number of carbonyl (C=O) groups excluding carboxylic acids is 1. The molecule has 0 radical (unpaired) electrons. The molecule has 0 aliphatic heterocycles. The molecule has 0 saturated carbocycles. The summed E-state index contributed by atoms with van der Waals surface area (Å²) in [5, 5.41) is 16.0. The van der Waals surface area contributed by atoms with Gasteiger partial charge in [-0.3, -0.25) is 14.8 Å². The van der Waals surface area contributed by atoms with Crippen molar-refractivity contribution in [3.8, 4) is 0 Å². The van der Waals surface area contributed by atoms with Crippen LogP contribution in [0.2, 0.25) is 0 Å². The van der Waals surface area contributed by atoms with Gasteiger partial charge in [0.05, 0.1) is 0 Å². The SMILES string of the molecule is CC(C)c1nnc(NC(=O)Cn2cccn2)s1. The molecule has 0 fully saturated rings. The van der Waals surface area contributed by atoms with E-state index in [-0.39, 0.29) is 12.5 Å². The molecule has 2 aromatic heterocycles. The summed E-state index contributed by atoms with van der Waals surface area (Å²) in [6.45, 7) is 4.26. The Morgan fingerprint density at radius 1 is 1.53 bits per heavy atom. The number of nitrogens with one attached hydrogen (secondary N) is 1. The van der Waals surface area contributed by atoms with E-state index in [1.165, 1.54) is 11.3 Å². The number of hydrogen-bond acceptors (Lipinski definition) is 5. The molecule has 0 atom stereocenters. The molecule has 2 heterocycles. The predicted molar refractivity (Wildman–Crippen MR) is 64.9 cm³/mol. The van der Waals surface area contributed by atoms with Crippen molar-refractivity contribution in [1.82, 2.24) is 20.0 Å². The standard InChI is InChI=1S/C10H13N5OS/c1-7(2)9-13-14-10(17-9)12-8(16)6-15-5-3-4-11-15/h3-5,7H,6H2,1-2H3,(H,12,14,16). The first kappa shape index (κ1) is 11.7. The van der Waals surface area contributed by atoms with Gasteiger partial charge in [-0.1, -0.05) is 25.2 Å². The molecular weight excluding hydrogens is 238 g/mol. The van der Waals surface area contributed by atoms with Gasteiger partial charge in [0.1, 0.15) is 11.6 Å². The first-order valence-corrected chi connectivity index (χ1v) is 6.07. The fourth-order valence-corrected chi connectivity index (χ4v) is 1.98. The van der Waals surface area contributed by atoms with E-state index in [1.54, 1.807) is 23.1 Å². The highest BCUT2D eigenvalue weighted by Gasteiger charge is 2.10. The molecule has 0 aromatic carbocycles. The average molecular weight is 251 g/mol. The zero-order valence-electron chi connectivity index (χ0n) is 9.62. The van der Waals surface area contributed by atoms with E-state index < -0.39 is 0 Å². The Morgan fingerprint density at radius 3 is 2.94 bits per heavy atom. The largest absolute Gasteiger partial charge is 0.299 e. The molecule has 0 aliphatic rings. The van der Waals surface area contributed by atoms with Crippen LogP contribution in [0.5, 0.6) is 0 Å². The Bertz CT molecular complexity index is 491. The monoisotopic (exact) mass is 251 g/mol. The number of hydrogen-bond donors (Lipinski definition) is 1. The van der Waals surface area contributed by atoms with Gasteiger partial charge in [0.25, 0.3) is 0 Å². The summed E-state index contributed by atoms with van der Waals surface area (Å²) in [6, 6.07) is 1.77. The van der Waals surface area contributed by atoms with E-state index in [2.05, 4.69) is 20.6 Å². The van der Waals surface area contributed by atoms with E-state index in [1.807, 2.05) is 13.8 Å². The zero-order valence-corrected chi connectivity index (χ0v) is 10.4. The summed E-state index contributed by atoms with van der Waals surface area (Å²) in [7, 11) is 0. The number of aromatic nitrogens is 4. The maximum Gasteiger partial charge on any atom is 0.247 e. The smallest absolute Gasteiger partial charge is 0.247 e. The highest BCUT2D eigenvalue weighted by molar-refractivity contribution is 7.15. The van der Waals surface area contributed by atoms with Gasteiger partial charge in [-0.15, -0.1) is 10.2 Å². The van der Waals surface area contributed by atoms with Crippen LogP contribution in [0.4, 0.5) is 5.13 Å². The second kappa shape index (κ2) is 5.05. The van der Waals surface area contributed by atoms with Crippen molar-refractivity contribution < 1.29 is 4.79 Å². The first-order valence-electron chi connectivity index (χ1n) is 5.26. The van der Waals surface area contributed by atoms with Gasteiger partial charge in [0.15, 0.2) is 0 Å². The van der Waals surface area contributed by atoms with Crippen LogP contribution in [-0.2, 0) is 11.3 Å². The molecule has 90 valence electrons. The normalized spacial score (nSPS) is 10.8. The van der Waals surface area contributed by atoms with Crippen LogP contribution in [0.25, 0.3) is 0 Å². The van der Waals surface area contributed by atoms with Crippen molar-refractivity contribution in [3.05, 3.63) is 23.5 Å². The molecule has 0 unspecified atom stereocenters. The molecule has 0 saturated heterocycles. The van der Waals surface area contributed by atoms with Crippen LogP contribution in [0, 0.1) is 0 Å². The van der Waals surface area contributed by atoms with Crippen molar-refractivity contribution >= 4 is 22.4 Å². The topological polar surface area (TPSA) is 72.7 Å². The van der Waals surface area contributed by atoms with Gasteiger partial charge in [-0.25, -0.2) is 0 Å². The summed E-state index contributed by atoms with van der Waals surface area (Å²) in [5.41, 5.74) is 0. The maximum atomic E-state index is 11.6. The Kier molecular flexibility index (Phi) is 3.48. The Hall–Kier alpha value is -1.76. The molecule has 1 amide bonds. The van der Waals surface area contributed by atoms with E-state index >= 15 is 0 Å². The van der Waals surface area contributed by atoms with Crippen molar-refractivity contribution in [3.63, 3.8) is 0 Å². The molecule has 2 aromatic rings. The molecule has 1 N–H and O–H groups in total. The fourth-order valence-electron chi connectivity index (χ4n) is 1.22. The van der Waals surface area contributed by atoms with E-state index in [0.717, 1.165) is 5.01 Å². The predicted octanol–water partition coefficient (Wildman–Crippen LogP) is 1.50. The molecule has 2 rings (SSSR count). The molecule has 0 spiro atoms. The van der Waals surface area contributed by atoms with Crippen molar-refractivity contribution in [1.29, 1.82) is 0 Å². The lowest BCUT2D eigenvalue weighted by atomic mass is 10.2. The van der Waals surface area contributed by atoms with Crippen molar-refractivity contribution in [2.75, 3.05) is 5.32 Å². The Morgan fingerprint density at radius 2 is 2.35 bits per heavy atom. The third kappa shape index (κ3) is 3.10. The van der Waals surface area contributed by atoms with Gasteiger partial charge >= 0.3 is 0 Å². The summed E-state index contributed by atoms with van der Waals surface area (Å²) in [4.78, 5) is 11.6. The van der Waals surface area contributed by atoms with Crippen LogP contribution >= 0.6 is 11.3 Å². The molecule has 17 heavy (non-hydrogen) atoms. The minimum absolute atomic E-state index is 0.153. The van der Waals surface area contributed by atoms with Crippen LogP contribution < -0.4 is 5.32 Å². The van der Waals surface area contributed by atoms with Crippen LogP contribution in [-0.4, -0.2) is 25.9 Å². The minimum Gasteiger partial charge on any atom is -0.299 e. The number of rotatable bonds is 4. The lowest BCUT2D eigenvalue weighted by molar-refractivity contribution is -0.116. The Labute approximate surface area is 103 Å². The second-order valence-electron chi connectivity index (χ2n) is 3.85. The van der Waals surface area contributed by atoms with Crippen molar-refractivity contribution in [2.24, 2.45) is 0 Å². The summed E-state index contributed by atoms with van der Waals surface area (Å²) in [6.07, 6.45) is 3.37. The number of amides is 1. The minimum atomic E-state index is -0.153. The zero-order chi connectivity index (χ0) is 12.3. The Balaban J connectivity index is 1.93. The third-order valence-corrected chi connectivity index (χ3v) is 3.18. The van der Waals surface area contributed by atoms with Gasteiger partial charge < -0.3 is 0 Å². The van der Waals surface area contributed by atoms with Crippen LogP contribution in [0.3, 0.4) is 0 Å². The summed E-state index contributed by atoms with van der Waals surface area (Å²) < 4.78 is 1.56. The van der Waals surface area contributed by atoms with E-state index in [9.17, 15) is 4.79 Å². The fraction of sp³-hybridized carbons (Fsp3) is 0.400. The average Bonchev–Trinajstić information content (AvgIpc) is 2.88. The second-order valence-corrected chi connectivity index (χ2v) is 4.86. The maximum absolute atomic E-state index is 11.6. The third-order valence-electron chi connectivity index (χ3n) is 2.05. The van der Waals surface area contributed by atoms with Gasteiger partial charge in [-0.05, 0) is 6.07 Å². The van der Waals surface area contributed by atoms with Gasteiger partial charge in [-0.2, -0.15) is 5.10 Å². The number of carbonyl (C=O) groups is 1. The molecule has 0 aliphatic carbocycles. The van der Waals surface area contributed by atoms with E-state index in [4.69, 9.17) is 0 Å². The lowest BCUT2D eigenvalue weighted by Crippen LogP contribution is -2.18. The van der Waals surface area contributed by atoms with Crippen molar-refractivity contribution in [2.45, 2.75) is 26.3 Å². The lowest BCUT2D eigenvalue weighted by Gasteiger charge is -2.00. The van der Waals surface area contributed by atoms with E-state index in [0.29, 0.717) is 11.0 Å². The quantitative estimate of drug-likeness (QED) is 0.893. The summed E-state index contributed by atoms with van der Waals surface area (Å²) >= 11 is 1.40. The summed E-state index contributed by atoms with van der Waals surface area (Å²) in [5.74, 6) is 0.171. The first-order chi connectivity index (χ1) is 8.15. The number of nitrogens with zero attached hydrogens (tertiary/aromatic N) is 4. The molecule has 6 nitrogen and oxygen atoms in total.